The van der Waals surface area contributed by atoms with Crippen LogP contribution in [0.15, 0.2) is 52.1 Å². The van der Waals surface area contributed by atoms with Crippen LogP contribution in [0.2, 0.25) is 0 Å². The minimum Gasteiger partial charge on any atom is -0.492 e. The molecule has 0 spiro atoms. The number of rotatable bonds is 11. The third kappa shape index (κ3) is 7.86. The number of amides is 1. The molecule has 1 unspecified atom stereocenters. The number of nitrogens with zero attached hydrogens (tertiary/aromatic N) is 2. The van der Waals surface area contributed by atoms with Gasteiger partial charge >= 0.3 is 12.1 Å². The summed E-state index contributed by atoms with van der Waals surface area (Å²) in [6.45, 7) is 1.69. The van der Waals surface area contributed by atoms with E-state index < -0.39 is 18.1 Å². The van der Waals surface area contributed by atoms with Crippen LogP contribution in [-0.4, -0.2) is 68.8 Å². The number of nitrogens with one attached hydrogen (secondary N) is 3. The number of carbonyl (C=O) groups is 2. The summed E-state index contributed by atoms with van der Waals surface area (Å²) < 4.78 is 23.0. The number of hydrogen-bond acceptors (Lipinski definition) is 10. The molecule has 45 heavy (non-hydrogen) atoms. The average molecular weight is 620 g/mol. The lowest BCUT2D eigenvalue weighted by atomic mass is 9.95. The molecule has 240 valence electrons. The van der Waals surface area contributed by atoms with E-state index in [2.05, 4.69) is 21.1 Å². The number of allylic oxidation sites excluding steroid dienone is 2. The predicted octanol–water partition coefficient (Wildman–Crippen LogP) is 4.42. The first-order valence-electron chi connectivity index (χ1n) is 15.4. The molecule has 0 aromatic heterocycles. The van der Waals surface area contributed by atoms with Crippen LogP contribution < -0.4 is 30.3 Å². The fourth-order valence-electron chi connectivity index (χ4n) is 5.89. The summed E-state index contributed by atoms with van der Waals surface area (Å²) in [5, 5.41) is 20.3. The molecule has 0 saturated carbocycles. The zero-order valence-corrected chi connectivity index (χ0v) is 25.8. The number of carboxylic acids is 1. The Bertz CT molecular complexity index is 1470. The molecule has 2 aromatic rings. The molecule has 12 heteroatoms. The summed E-state index contributed by atoms with van der Waals surface area (Å²) >= 11 is 0. The van der Waals surface area contributed by atoms with E-state index >= 15 is 0 Å². The van der Waals surface area contributed by atoms with E-state index in [0.717, 1.165) is 74.0 Å². The maximum absolute atomic E-state index is 12.3. The quantitative estimate of drug-likeness (QED) is 0.268. The number of benzene rings is 2. The lowest BCUT2D eigenvalue weighted by molar-refractivity contribution is -0.139. The number of carboxylic acid groups (broad SMARTS) is 1. The zero-order chi connectivity index (χ0) is 31.6. The number of methoxy groups -OCH3 is 2. The highest BCUT2D eigenvalue weighted by Gasteiger charge is 2.31. The monoisotopic (exact) mass is 619 g/mol. The van der Waals surface area contributed by atoms with Crippen LogP contribution in [0.5, 0.6) is 17.2 Å². The number of hydrazone groups is 1. The summed E-state index contributed by atoms with van der Waals surface area (Å²) in [5.41, 5.74) is 9.44. The van der Waals surface area contributed by atoms with E-state index in [0.29, 0.717) is 29.6 Å². The third-order valence-corrected chi connectivity index (χ3v) is 8.10. The standard InChI is InChI=1S/C33H41N5O7/c1-42-29-27(44-18-15-26(31(39)40)36-33(41)45-20-21-9-4-3-5-10-21)19-22-13-14-25(37-38-32-34-16-6-7-17-35-32)23-11-8-12-24(23)28(22)30(29)43-2/h3-5,9-10,19,26H,6-8,11-18,20H2,1-2H3,(H,36,41)(H,39,40)(H2,34,35,38). The molecule has 0 saturated heterocycles. The summed E-state index contributed by atoms with van der Waals surface area (Å²) in [7, 11) is 3.17. The largest absolute Gasteiger partial charge is 0.492 e. The maximum atomic E-state index is 12.3. The molecule has 1 heterocycles. The number of aliphatic carboxylic acids is 1. The van der Waals surface area contributed by atoms with E-state index in [1.54, 1.807) is 14.2 Å². The van der Waals surface area contributed by atoms with E-state index in [1.165, 1.54) is 11.1 Å². The van der Waals surface area contributed by atoms with Crippen LogP contribution in [0.3, 0.4) is 0 Å². The van der Waals surface area contributed by atoms with Gasteiger partial charge in [-0.15, -0.1) is 0 Å². The van der Waals surface area contributed by atoms with Gasteiger partial charge in [0.25, 0.3) is 0 Å². The lowest BCUT2D eigenvalue weighted by Gasteiger charge is -2.21. The summed E-state index contributed by atoms with van der Waals surface area (Å²) in [4.78, 5) is 28.8. The Labute approximate surface area is 262 Å². The second kappa shape index (κ2) is 15.3. The molecule has 4 N–H and O–H groups in total. The van der Waals surface area contributed by atoms with Crippen LogP contribution in [0.1, 0.15) is 61.6 Å². The van der Waals surface area contributed by atoms with Gasteiger partial charge in [-0.3, -0.25) is 4.99 Å². The van der Waals surface area contributed by atoms with Gasteiger partial charge in [0, 0.05) is 25.1 Å². The first-order chi connectivity index (χ1) is 22.0. The molecule has 12 nitrogen and oxygen atoms in total. The fourth-order valence-corrected chi connectivity index (χ4v) is 5.89. The van der Waals surface area contributed by atoms with Crippen LogP contribution in [-0.2, 0) is 22.6 Å². The number of aryl methyl sites for hydroxylation is 1. The summed E-state index contributed by atoms with van der Waals surface area (Å²) in [5.74, 6) is 0.983. The summed E-state index contributed by atoms with van der Waals surface area (Å²) in [6, 6.07) is 9.91. The van der Waals surface area contributed by atoms with E-state index in [1.807, 2.05) is 36.4 Å². The maximum Gasteiger partial charge on any atom is 0.408 e. The Morgan fingerprint density at radius 1 is 1.02 bits per heavy atom. The Morgan fingerprint density at radius 2 is 1.82 bits per heavy atom. The number of alkyl carbamates (subject to hydrolysis) is 1. The molecule has 1 aliphatic heterocycles. The average Bonchev–Trinajstić information content (AvgIpc) is 3.29. The van der Waals surface area contributed by atoms with Gasteiger partial charge in [0.1, 0.15) is 12.6 Å². The number of ether oxygens (including phenoxy) is 4. The molecule has 1 amide bonds. The van der Waals surface area contributed by atoms with Crippen molar-refractivity contribution in [1.29, 1.82) is 0 Å². The predicted molar refractivity (Wildman–Crippen MR) is 170 cm³/mol. The van der Waals surface area contributed by atoms with Crippen LogP contribution in [0, 0.1) is 0 Å². The Balaban J connectivity index is 1.30. The fraction of sp³-hybridized carbons (Fsp3) is 0.455. The number of carbonyl (C=O) groups excluding carboxylic acids is 1. The third-order valence-electron chi connectivity index (χ3n) is 8.10. The van der Waals surface area contributed by atoms with Gasteiger partial charge in [-0.2, -0.15) is 5.10 Å². The van der Waals surface area contributed by atoms with Gasteiger partial charge in [-0.1, -0.05) is 30.3 Å². The van der Waals surface area contributed by atoms with Crippen molar-refractivity contribution >= 4 is 29.3 Å². The SMILES string of the molecule is COc1c(OCCC(NC(=O)OCc2ccccc2)C(=O)O)cc2c(c1OC)C1=C(CCC1)C(=NNC1=NCCCCN1)CC2. The molecule has 2 aromatic carbocycles. The molecule has 0 radical (unpaired) electrons. The summed E-state index contributed by atoms with van der Waals surface area (Å²) in [6.07, 6.45) is 5.59. The molecule has 3 aliphatic rings. The van der Waals surface area contributed by atoms with E-state index in [4.69, 9.17) is 24.0 Å². The van der Waals surface area contributed by atoms with Crippen molar-refractivity contribution in [2.45, 2.75) is 64.0 Å². The van der Waals surface area contributed by atoms with Crippen molar-refractivity contribution in [3.8, 4) is 17.2 Å². The second-order valence-corrected chi connectivity index (χ2v) is 11.1. The minimum absolute atomic E-state index is 0.00786. The smallest absolute Gasteiger partial charge is 0.408 e. The van der Waals surface area contributed by atoms with Crippen LogP contribution >= 0.6 is 0 Å². The molecule has 1 atom stereocenters. The number of guanidine groups is 1. The molecule has 5 rings (SSSR count). The molecule has 0 bridgehead atoms. The van der Waals surface area contributed by atoms with Crippen molar-refractivity contribution in [1.82, 2.24) is 16.1 Å². The van der Waals surface area contributed by atoms with Crippen molar-refractivity contribution < 1.29 is 33.6 Å². The zero-order valence-electron chi connectivity index (χ0n) is 25.8. The molecule has 2 aliphatic carbocycles. The first-order valence-corrected chi connectivity index (χ1v) is 15.4. The highest BCUT2D eigenvalue weighted by Crippen LogP contribution is 2.50. The van der Waals surface area contributed by atoms with Crippen molar-refractivity contribution in [3.63, 3.8) is 0 Å². The number of hydrogen-bond donors (Lipinski definition) is 4. The molecular weight excluding hydrogens is 578 g/mol. The minimum atomic E-state index is -1.20. The number of fused-ring (bicyclic) bond motifs is 2. The van der Waals surface area contributed by atoms with E-state index in [-0.39, 0.29) is 19.6 Å². The van der Waals surface area contributed by atoms with Crippen molar-refractivity contribution in [2.24, 2.45) is 10.1 Å². The first kappa shape index (κ1) is 31.7. The van der Waals surface area contributed by atoms with Gasteiger partial charge in [0.2, 0.25) is 11.7 Å². The van der Waals surface area contributed by atoms with Gasteiger partial charge < -0.3 is 34.7 Å². The van der Waals surface area contributed by atoms with Gasteiger partial charge in [0.05, 0.1) is 26.5 Å². The van der Waals surface area contributed by atoms with E-state index in [9.17, 15) is 14.7 Å². The van der Waals surface area contributed by atoms with Crippen molar-refractivity contribution in [3.05, 3.63) is 58.7 Å². The van der Waals surface area contributed by atoms with Crippen LogP contribution in [0.25, 0.3) is 5.57 Å². The Morgan fingerprint density at radius 3 is 2.60 bits per heavy atom. The Kier molecular flexibility index (Phi) is 10.8. The molecular formula is C33H41N5O7. The number of aliphatic imine (C=N–C) groups is 1. The topological polar surface area (TPSA) is 152 Å². The van der Waals surface area contributed by atoms with Crippen LogP contribution in [0.4, 0.5) is 4.79 Å². The Hall–Kier alpha value is -4.74. The normalized spacial score (nSPS) is 17.5. The molecule has 0 fully saturated rings. The lowest BCUT2D eigenvalue weighted by Crippen LogP contribution is -2.42. The highest BCUT2D eigenvalue weighted by atomic mass is 16.6. The van der Waals surface area contributed by atoms with Gasteiger partial charge in [0.15, 0.2) is 11.5 Å². The van der Waals surface area contributed by atoms with Gasteiger partial charge in [-0.05, 0) is 73.3 Å². The van der Waals surface area contributed by atoms with Crippen molar-refractivity contribution in [2.75, 3.05) is 33.9 Å². The highest BCUT2D eigenvalue weighted by molar-refractivity contribution is 6.09. The second-order valence-electron chi connectivity index (χ2n) is 11.1. The van der Waals surface area contributed by atoms with Gasteiger partial charge in [-0.25, -0.2) is 15.0 Å².